The predicted molar refractivity (Wildman–Crippen MR) is 81.4 cm³/mol. The number of hydrogen-bond donors (Lipinski definition) is 2. The monoisotopic (exact) mass is 350 g/mol. The Morgan fingerprint density at radius 1 is 1.05 bits per heavy atom. The molecule has 0 aliphatic rings. The molecule has 0 saturated heterocycles. The van der Waals surface area contributed by atoms with E-state index in [1.54, 1.807) is 18.4 Å². The highest BCUT2D eigenvalue weighted by Gasteiger charge is 2.08. The number of amides is 2. The largest absolute Gasteiger partial charge is 0.467 e. The van der Waals surface area contributed by atoms with Crippen molar-refractivity contribution >= 4 is 27.7 Å². The van der Waals surface area contributed by atoms with Crippen molar-refractivity contribution in [1.82, 2.24) is 10.6 Å². The quantitative estimate of drug-likeness (QED) is 0.837. The van der Waals surface area contributed by atoms with Crippen LogP contribution in [0.15, 0.2) is 51.6 Å². The van der Waals surface area contributed by atoms with Gasteiger partial charge >= 0.3 is 0 Å². The summed E-state index contributed by atoms with van der Waals surface area (Å²) < 4.78 is 5.97. The van der Waals surface area contributed by atoms with Crippen LogP contribution in [0.5, 0.6) is 0 Å². The third kappa shape index (κ3) is 5.07. The number of hydrogen-bond acceptors (Lipinski definition) is 3. The van der Waals surface area contributed by atoms with Crippen LogP contribution in [-0.2, 0) is 22.6 Å². The van der Waals surface area contributed by atoms with E-state index in [9.17, 15) is 9.59 Å². The molecule has 0 spiro atoms. The molecule has 110 valence electrons. The molecule has 1 heterocycles. The highest BCUT2D eigenvalue weighted by Crippen LogP contribution is 2.15. The second kappa shape index (κ2) is 7.64. The first-order chi connectivity index (χ1) is 10.1. The van der Waals surface area contributed by atoms with E-state index in [-0.39, 0.29) is 24.8 Å². The average Bonchev–Trinajstić information content (AvgIpc) is 2.99. The Morgan fingerprint density at radius 2 is 1.86 bits per heavy atom. The van der Waals surface area contributed by atoms with Gasteiger partial charge in [-0.25, -0.2) is 0 Å². The van der Waals surface area contributed by atoms with Gasteiger partial charge in [-0.2, -0.15) is 0 Å². The van der Waals surface area contributed by atoms with Gasteiger partial charge in [0.15, 0.2) is 0 Å². The Hall–Kier alpha value is -2.08. The lowest BCUT2D eigenvalue weighted by atomic mass is 10.1. The third-order valence-electron chi connectivity index (χ3n) is 2.79. The van der Waals surface area contributed by atoms with E-state index < -0.39 is 0 Å². The molecule has 0 bridgehead atoms. The number of carbonyl (C=O) groups is 2. The van der Waals surface area contributed by atoms with Crippen LogP contribution in [-0.4, -0.2) is 18.4 Å². The molecule has 0 atom stereocenters. The highest BCUT2D eigenvalue weighted by molar-refractivity contribution is 9.10. The van der Waals surface area contributed by atoms with Gasteiger partial charge in [-0.3, -0.25) is 9.59 Å². The fourth-order valence-electron chi connectivity index (χ4n) is 1.72. The summed E-state index contributed by atoms with van der Waals surface area (Å²) in [7, 11) is 0. The minimum atomic E-state index is -0.258. The molecule has 1 aromatic carbocycles. The molecule has 5 nitrogen and oxygen atoms in total. The fourth-order valence-corrected chi connectivity index (χ4v) is 2.14. The highest BCUT2D eigenvalue weighted by atomic mass is 79.9. The van der Waals surface area contributed by atoms with Crippen LogP contribution in [0.1, 0.15) is 11.3 Å². The van der Waals surface area contributed by atoms with Crippen molar-refractivity contribution in [2.75, 3.05) is 6.54 Å². The summed E-state index contributed by atoms with van der Waals surface area (Å²) in [6.45, 7) is 0.260. The van der Waals surface area contributed by atoms with Crippen molar-refractivity contribution in [3.63, 3.8) is 0 Å². The van der Waals surface area contributed by atoms with Gasteiger partial charge in [-0.1, -0.05) is 34.1 Å². The summed E-state index contributed by atoms with van der Waals surface area (Å²) >= 11 is 3.38. The molecule has 0 aliphatic heterocycles. The zero-order valence-electron chi connectivity index (χ0n) is 11.3. The summed E-state index contributed by atoms with van der Waals surface area (Å²) in [5, 5.41) is 5.24. The Balaban J connectivity index is 1.71. The Labute approximate surface area is 130 Å². The van der Waals surface area contributed by atoms with Crippen LogP contribution in [0.3, 0.4) is 0 Å². The topological polar surface area (TPSA) is 71.3 Å². The Bertz CT molecular complexity index is 611. The smallest absolute Gasteiger partial charge is 0.239 e. The van der Waals surface area contributed by atoms with E-state index in [1.165, 1.54) is 0 Å². The maximum atomic E-state index is 11.8. The number of nitrogens with one attached hydrogen (secondary N) is 2. The van der Waals surface area contributed by atoms with E-state index in [4.69, 9.17) is 4.42 Å². The van der Waals surface area contributed by atoms with Crippen LogP contribution in [0, 0.1) is 0 Å². The van der Waals surface area contributed by atoms with Gasteiger partial charge in [-0.15, -0.1) is 0 Å². The molecule has 2 rings (SSSR count). The average molecular weight is 351 g/mol. The first-order valence-electron chi connectivity index (χ1n) is 6.44. The Kier molecular flexibility index (Phi) is 5.57. The molecule has 0 fully saturated rings. The van der Waals surface area contributed by atoms with Crippen molar-refractivity contribution in [1.29, 1.82) is 0 Å². The lowest BCUT2D eigenvalue weighted by Crippen LogP contribution is -2.37. The van der Waals surface area contributed by atoms with Crippen LogP contribution in [0.2, 0.25) is 0 Å². The summed E-state index contributed by atoms with van der Waals surface area (Å²) in [5.74, 6) is 0.213. The molecule has 0 aliphatic carbocycles. The Morgan fingerprint density at radius 3 is 2.57 bits per heavy atom. The van der Waals surface area contributed by atoms with Crippen LogP contribution in [0.4, 0.5) is 0 Å². The molecule has 0 unspecified atom stereocenters. The number of rotatable bonds is 6. The van der Waals surface area contributed by atoms with Crippen molar-refractivity contribution < 1.29 is 14.0 Å². The first-order valence-corrected chi connectivity index (χ1v) is 7.23. The van der Waals surface area contributed by atoms with Gasteiger partial charge < -0.3 is 15.1 Å². The van der Waals surface area contributed by atoms with Gasteiger partial charge in [0.2, 0.25) is 11.8 Å². The zero-order chi connectivity index (χ0) is 15.1. The lowest BCUT2D eigenvalue weighted by Gasteiger charge is -2.07. The van der Waals surface area contributed by atoms with Gasteiger partial charge in [0, 0.05) is 4.47 Å². The van der Waals surface area contributed by atoms with Crippen molar-refractivity contribution in [3.8, 4) is 0 Å². The van der Waals surface area contributed by atoms with Gasteiger partial charge in [-0.05, 0) is 23.8 Å². The van der Waals surface area contributed by atoms with Crippen LogP contribution in [0.25, 0.3) is 0 Å². The predicted octanol–water partition coefficient (Wildman–Crippen LogP) is 2.02. The fraction of sp³-hybridized carbons (Fsp3) is 0.200. The summed E-state index contributed by atoms with van der Waals surface area (Å²) in [5.41, 5.74) is 0.881. The van der Waals surface area contributed by atoms with Crippen LogP contribution >= 0.6 is 15.9 Å². The minimum Gasteiger partial charge on any atom is -0.467 e. The second-order valence-corrected chi connectivity index (χ2v) is 5.26. The summed E-state index contributed by atoms with van der Waals surface area (Å²) in [6.07, 6.45) is 1.77. The van der Waals surface area contributed by atoms with Gasteiger partial charge in [0.1, 0.15) is 5.76 Å². The normalized spacial score (nSPS) is 10.1. The molecular weight excluding hydrogens is 336 g/mol. The number of halogens is 1. The second-order valence-electron chi connectivity index (χ2n) is 4.40. The van der Waals surface area contributed by atoms with Gasteiger partial charge in [0.25, 0.3) is 0 Å². The first kappa shape index (κ1) is 15.3. The SMILES string of the molecule is O=C(CNC(=O)Cc1ccccc1Br)NCc1ccco1. The molecule has 0 saturated carbocycles. The summed E-state index contributed by atoms with van der Waals surface area (Å²) in [4.78, 5) is 23.4. The molecule has 6 heteroatoms. The summed E-state index contributed by atoms with van der Waals surface area (Å²) in [6, 6.07) is 11.0. The van der Waals surface area contributed by atoms with Gasteiger partial charge in [0.05, 0.1) is 25.8 Å². The third-order valence-corrected chi connectivity index (χ3v) is 3.57. The van der Waals surface area contributed by atoms with Crippen molar-refractivity contribution in [3.05, 3.63) is 58.5 Å². The van der Waals surface area contributed by atoms with E-state index in [0.717, 1.165) is 10.0 Å². The zero-order valence-corrected chi connectivity index (χ0v) is 12.9. The molecule has 1 aromatic heterocycles. The molecule has 21 heavy (non-hydrogen) atoms. The van der Waals surface area contributed by atoms with E-state index in [0.29, 0.717) is 12.3 Å². The molecule has 2 amide bonds. The van der Waals surface area contributed by atoms with Crippen molar-refractivity contribution in [2.45, 2.75) is 13.0 Å². The molecule has 0 radical (unpaired) electrons. The van der Waals surface area contributed by atoms with Crippen LogP contribution < -0.4 is 10.6 Å². The standard InChI is InChI=1S/C15H15BrN2O3/c16-13-6-2-1-4-11(13)8-14(19)18-10-15(20)17-9-12-5-3-7-21-12/h1-7H,8-10H2,(H,17,20)(H,18,19). The molecular formula is C15H15BrN2O3. The van der Waals surface area contributed by atoms with E-state index >= 15 is 0 Å². The number of furan rings is 1. The maximum Gasteiger partial charge on any atom is 0.239 e. The van der Waals surface area contributed by atoms with E-state index in [2.05, 4.69) is 26.6 Å². The maximum absolute atomic E-state index is 11.8. The number of carbonyl (C=O) groups excluding carboxylic acids is 2. The number of benzene rings is 1. The molecule has 2 aromatic rings. The van der Waals surface area contributed by atoms with Crippen molar-refractivity contribution in [2.24, 2.45) is 0 Å². The minimum absolute atomic E-state index is 0.0516. The lowest BCUT2D eigenvalue weighted by molar-refractivity contribution is -0.125. The van der Waals surface area contributed by atoms with E-state index in [1.807, 2.05) is 24.3 Å². The molecule has 2 N–H and O–H groups in total.